The Morgan fingerprint density at radius 2 is 2.05 bits per heavy atom. The topological polar surface area (TPSA) is 46.0 Å². The van der Waals surface area contributed by atoms with E-state index >= 15 is 0 Å². The van der Waals surface area contributed by atoms with E-state index in [9.17, 15) is 9.18 Å². The Morgan fingerprint density at radius 1 is 1.25 bits per heavy atom. The minimum absolute atomic E-state index is 0.290. The fraction of sp³-hybridized carbons (Fsp3) is 0.133. The number of rotatable bonds is 2. The summed E-state index contributed by atoms with van der Waals surface area (Å²) in [5, 5.41) is -0.430. The highest BCUT2D eigenvalue weighted by Crippen LogP contribution is 2.32. The molecule has 0 radical (unpaired) electrons. The Hall–Kier alpha value is -2.07. The molecule has 3 nitrogen and oxygen atoms in total. The van der Waals surface area contributed by atoms with Gasteiger partial charge in [-0.3, -0.25) is 4.98 Å². The molecule has 0 amide bonds. The third-order valence-corrected chi connectivity index (χ3v) is 3.73. The molecule has 0 aliphatic heterocycles. The summed E-state index contributed by atoms with van der Waals surface area (Å²) in [4.78, 5) is 13.7. The molecular formula is C15H11ClFNO2. The van der Waals surface area contributed by atoms with E-state index in [1.165, 1.54) is 12.1 Å². The third kappa shape index (κ3) is 2.23. The van der Waals surface area contributed by atoms with Crippen molar-refractivity contribution in [3.8, 4) is 0 Å². The van der Waals surface area contributed by atoms with Gasteiger partial charge in [-0.15, -0.1) is 11.6 Å². The molecule has 1 unspecified atom stereocenters. The Labute approximate surface area is 119 Å². The number of nitrogens with one attached hydrogen (secondary N) is 1. The van der Waals surface area contributed by atoms with Crippen LogP contribution in [0.4, 0.5) is 4.39 Å². The maximum absolute atomic E-state index is 13.1. The van der Waals surface area contributed by atoms with Gasteiger partial charge >= 0.3 is 5.76 Å². The van der Waals surface area contributed by atoms with Crippen LogP contribution in [-0.2, 0) is 0 Å². The fourth-order valence-corrected chi connectivity index (χ4v) is 2.60. The molecule has 1 N–H and O–H groups in total. The molecule has 0 saturated carbocycles. The highest BCUT2D eigenvalue weighted by atomic mass is 35.5. The monoisotopic (exact) mass is 291 g/mol. The summed E-state index contributed by atoms with van der Waals surface area (Å²) >= 11 is 6.44. The summed E-state index contributed by atoms with van der Waals surface area (Å²) < 4.78 is 18.1. The summed E-state index contributed by atoms with van der Waals surface area (Å²) in [7, 11) is 0. The molecule has 0 saturated heterocycles. The molecule has 0 fully saturated rings. The molecule has 1 atom stereocenters. The van der Waals surface area contributed by atoms with Crippen molar-refractivity contribution in [1.29, 1.82) is 0 Å². The molecule has 0 spiro atoms. The second-order valence-corrected chi connectivity index (χ2v) is 5.07. The Balaban J connectivity index is 2.06. The van der Waals surface area contributed by atoms with Crippen molar-refractivity contribution in [2.24, 2.45) is 0 Å². The van der Waals surface area contributed by atoms with E-state index in [0.29, 0.717) is 11.1 Å². The van der Waals surface area contributed by atoms with E-state index in [2.05, 4.69) is 4.98 Å². The van der Waals surface area contributed by atoms with Gasteiger partial charge in [-0.25, -0.2) is 9.18 Å². The van der Waals surface area contributed by atoms with Crippen LogP contribution in [0.25, 0.3) is 11.1 Å². The second-order valence-electron chi connectivity index (χ2n) is 4.63. The van der Waals surface area contributed by atoms with Gasteiger partial charge in [0.25, 0.3) is 0 Å². The zero-order chi connectivity index (χ0) is 14.3. The van der Waals surface area contributed by atoms with Crippen LogP contribution in [0.2, 0.25) is 0 Å². The number of benzene rings is 2. The molecule has 1 aromatic heterocycles. The first-order chi connectivity index (χ1) is 9.54. The number of aromatic amines is 1. The number of halogens is 2. The lowest BCUT2D eigenvalue weighted by molar-refractivity contribution is 0.555. The molecule has 0 bridgehead atoms. The van der Waals surface area contributed by atoms with Gasteiger partial charge in [-0.2, -0.15) is 0 Å². The summed E-state index contributed by atoms with van der Waals surface area (Å²) in [5.41, 5.74) is 3.47. The number of hydrogen-bond acceptors (Lipinski definition) is 2. The number of fused-ring (bicyclic) bond motifs is 1. The van der Waals surface area contributed by atoms with E-state index in [-0.39, 0.29) is 5.82 Å². The van der Waals surface area contributed by atoms with Gasteiger partial charge in [0, 0.05) is 0 Å². The zero-order valence-electron chi connectivity index (χ0n) is 10.6. The lowest BCUT2D eigenvalue weighted by Crippen LogP contribution is -1.97. The van der Waals surface area contributed by atoms with Gasteiger partial charge in [0.05, 0.1) is 10.9 Å². The van der Waals surface area contributed by atoms with Crippen LogP contribution in [0.15, 0.2) is 45.6 Å². The van der Waals surface area contributed by atoms with E-state index < -0.39 is 11.1 Å². The Bertz CT molecular complexity index is 837. The van der Waals surface area contributed by atoms with Crippen LogP contribution in [0, 0.1) is 12.7 Å². The van der Waals surface area contributed by atoms with Gasteiger partial charge in [-0.1, -0.05) is 12.1 Å². The average Bonchev–Trinajstić information content (AvgIpc) is 2.77. The number of H-pyrrole nitrogens is 1. The van der Waals surface area contributed by atoms with Crippen LogP contribution in [0.3, 0.4) is 0 Å². The number of aromatic nitrogens is 1. The molecule has 20 heavy (non-hydrogen) atoms. The van der Waals surface area contributed by atoms with E-state index in [4.69, 9.17) is 16.0 Å². The molecule has 102 valence electrons. The highest BCUT2D eigenvalue weighted by Gasteiger charge is 2.15. The first-order valence-corrected chi connectivity index (χ1v) is 6.51. The van der Waals surface area contributed by atoms with Crippen molar-refractivity contribution in [1.82, 2.24) is 4.98 Å². The molecular weight excluding hydrogens is 281 g/mol. The summed E-state index contributed by atoms with van der Waals surface area (Å²) in [6, 6.07) is 9.76. The van der Waals surface area contributed by atoms with Crippen molar-refractivity contribution in [2.75, 3.05) is 0 Å². The maximum atomic E-state index is 13.1. The Morgan fingerprint density at radius 3 is 2.80 bits per heavy atom. The van der Waals surface area contributed by atoms with Crippen molar-refractivity contribution in [3.05, 3.63) is 69.5 Å². The first-order valence-electron chi connectivity index (χ1n) is 6.07. The van der Waals surface area contributed by atoms with Crippen molar-refractivity contribution >= 4 is 22.7 Å². The Kier molecular flexibility index (Phi) is 3.10. The van der Waals surface area contributed by atoms with Crippen LogP contribution in [0.5, 0.6) is 0 Å². The third-order valence-electron chi connectivity index (χ3n) is 3.24. The molecule has 1 heterocycles. The summed E-state index contributed by atoms with van der Waals surface area (Å²) in [5.74, 6) is -0.788. The van der Waals surface area contributed by atoms with Gasteiger partial charge in [0.1, 0.15) is 5.82 Å². The number of oxazole rings is 1. The molecule has 0 aliphatic carbocycles. The van der Waals surface area contributed by atoms with Gasteiger partial charge in [-0.05, 0) is 47.9 Å². The standard InChI is InChI=1S/C15H11ClFNO2/c1-8-6-10(17)3-4-11(8)14(16)9-2-5-12-13(7-9)20-15(19)18-12/h2-7,14H,1H3,(H,18,19). The van der Waals surface area contributed by atoms with Crippen molar-refractivity contribution < 1.29 is 8.81 Å². The van der Waals surface area contributed by atoms with Crippen molar-refractivity contribution in [3.63, 3.8) is 0 Å². The highest BCUT2D eigenvalue weighted by molar-refractivity contribution is 6.22. The number of alkyl halides is 1. The zero-order valence-corrected chi connectivity index (χ0v) is 11.4. The lowest BCUT2D eigenvalue weighted by atomic mass is 10.00. The minimum Gasteiger partial charge on any atom is -0.408 e. The molecule has 0 aliphatic rings. The molecule has 2 aromatic carbocycles. The van der Waals surface area contributed by atoms with Crippen molar-refractivity contribution in [2.45, 2.75) is 12.3 Å². The number of aryl methyl sites for hydroxylation is 1. The SMILES string of the molecule is Cc1cc(F)ccc1C(Cl)c1ccc2[nH]c(=O)oc2c1. The molecule has 5 heteroatoms. The van der Waals surface area contributed by atoms with E-state index in [0.717, 1.165) is 16.7 Å². The smallest absolute Gasteiger partial charge is 0.408 e. The van der Waals surface area contributed by atoms with Gasteiger partial charge < -0.3 is 4.42 Å². The molecule has 3 rings (SSSR count). The lowest BCUT2D eigenvalue weighted by Gasteiger charge is -2.13. The van der Waals surface area contributed by atoms with Gasteiger partial charge in [0.2, 0.25) is 0 Å². The predicted octanol–water partition coefficient (Wildman–Crippen LogP) is 3.90. The normalized spacial score (nSPS) is 12.8. The van der Waals surface area contributed by atoms with E-state index in [1.54, 1.807) is 18.2 Å². The largest absolute Gasteiger partial charge is 0.417 e. The fourth-order valence-electron chi connectivity index (χ4n) is 2.22. The predicted molar refractivity (Wildman–Crippen MR) is 75.7 cm³/mol. The van der Waals surface area contributed by atoms with E-state index in [1.807, 2.05) is 13.0 Å². The van der Waals surface area contributed by atoms with Gasteiger partial charge in [0.15, 0.2) is 5.58 Å². The van der Waals surface area contributed by atoms with Crippen LogP contribution in [-0.4, -0.2) is 4.98 Å². The summed E-state index contributed by atoms with van der Waals surface area (Å²) in [6.07, 6.45) is 0. The first kappa shape index (κ1) is 12.9. The average molecular weight is 292 g/mol. The van der Waals surface area contributed by atoms with Crippen LogP contribution < -0.4 is 5.76 Å². The second kappa shape index (κ2) is 4.80. The van der Waals surface area contributed by atoms with Crippen LogP contribution >= 0.6 is 11.6 Å². The quantitative estimate of drug-likeness (QED) is 0.728. The number of hydrogen-bond donors (Lipinski definition) is 1. The maximum Gasteiger partial charge on any atom is 0.417 e. The molecule has 3 aromatic rings. The van der Waals surface area contributed by atoms with Crippen LogP contribution in [0.1, 0.15) is 22.1 Å². The summed E-state index contributed by atoms with van der Waals surface area (Å²) in [6.45, 7) is 1.81. The minimum atomic E-state index is -0.499.